The molecule has 1 amide bonds. The first-order valence-electron chi connectivity index (χ1n) is 9.68. The van der Waals surface area contributed by atoms with E-state index in [0.717, 1.165) is 43.4 Å². The first-order valence-corrected chi connectivity index (χ1v) is 9.68. The highest BCUT2D eigenvalue weighted by Crippen LogP contribution is 2.23. The number of anilines is 1. The van der Waals surface area contributed by atoms with Gasteiger partial charge < -0.3 is 14.7 Å². The molecule has 1 aromatic rings. The van der Waals surface area contributed by atoms with Crippen LogP contribution in [0, 0.1) is 11.8 Å². The molecule has 0 bridgehead atoms. The summed E-state index contributed by atoms with van der Waals surface area (Å²) in [5.41, 5.74) is 0.756. The average molecular weight is 345 g/mol. The van der Waals surface area contributed by atoms with Crippen LogP contribution in [0.5, 0.6) is 0 Å². The third-order valence-electron chi connectivity index (χ3n) is 5.65. The predicted octanol–water partition coefficient (Wildman–Crippen LogP) is 2.73. The molecule has 1 aromatic heterocycles. The van der Waals surface area contributed by atoms with Gasteiger partial charge in [-0.1, -0.05) is 6.92 Å². The molecule has 25 heavy (non-hydrogen) atoms. The Morgan fingerprint density at radius 2 is 2.00 bits per heavy atom. The molecule has 3 rings (SSSR count). The lowest BCUT2D eigenvalue weighted by atomic mass is 9.94. The molecule has 2 aliphatic rings. The number of likely N-dealkylation sites (tertiary alicyclic amines) is 2. The van der Waals surface area contributed by atoms with Gasteiger partial charge in [0.25, 0.3) is 5.91 Å². The fourth-order valence-corrected chi connectivity index (χ4v) is 3.99. The van der Waals surface area contributed by atoms with Crippen LogP contribution in [0.3, 0.4) is 0 Å². The standard InChI is InChI=1S/C20H32N4O/c1-16-7-11-23(12-8-16)14-17-5-4-10-24(15-17)20(25)18-6-9-21-19(13-18)22(2)3/h6,9,13,16-17H,4-5,7-8,10-12,14-15H2,1-3H3. The van der Waals surface area contributed by atoms with Gasteiger partial charge in [0, 0.05) is 45.5 Å². The molecule has 3 heterocycles. The van der Waals surface area contributed by atoms with Crippen molar-refractivity contribution >= 4 is 11.7 Å². The molecule has 138 valence electrons. The summed E-state index contributed by atoms with van der Waals surface area (Å²) in [5, 5.41) is 0. The van der Waals surface area contributed by atoms with E-state index in [4.69, 9.17) is 0 Å². The highest BCUT2D eigenvalue weighted by atomic mass is 16.2. The Hall–Kier alpha value is -1.62. The number of piperidine rings is 2. The van der Waals surface area contributed by atoms with Crippen LogP contribution in [-0.2, 0) is 0 Å². The maximum absolute atomic E-state index is 12.9. The Labute approximate surface area is 152 Å². The molecule has 0 N–H and O–H groups in total. The highest BCUT2D eigenvalue weighted by Gasteiger charge is 2.27. The largest absolute Gasteiger partial charge is 0.363 e. The molecule has 2 saturated heterocycles. The lowest BCUT2D eigenvalue weighted by Crippen LogP contribution is -2.45. The van der Waals surface area contributed by atoms with Crippen LogP contribution < -0.4 is 4.90 Å². The average Bonchev–Trinajstić information content (AvgIpc) is 2.63. The van der Waals surface area contributed by atoms with Crippen molar-refractivity contribution in [3.63, 3.8) is 0 Å². The van der Waals surface area contributed by atoms with E-state index in [0.29, 0.717) is 5.92 Å². The molecule has 1 unspecified atom stereocenters. The Kier molecular flexibility index (Phi) is 5.94. The van der Waals surface area contributed by atoms with Crippen molar-refractivity contribution < 1.29 is 4.79 Å². The molecule has 0 aliphatic carbocycles. The number of nitrogens with zero attached hydrogens (tertiary/aromatic N) is 4. The van der Waals surface area contributed by atoms with Gasteiger partial charge in [0.2, 0.25) is 0 Å². The summed E-state index contributed by atoms with van der Waals surface area (Å²) in [6, 6.07) is 3.74. The Morgan fingerprint density at radius 3 is 2.72 bits per heavy atom. The molecule has 5 nitrogen and oxygen atoms in total. The van der Waals surface area contributed by atoms with Gasteiger partial charge in [-0.2, -0.15) is 0 Å². The summed E-state index contributed by atoms with van der Waals surface area (Å²) in [6.07, 6.45) is 6.74. The first-order chi connectivity index (χ1) is 12.0. The molecule has 5 heteroatoms. The van der Waals surface area contributed by atoms with Crippen LogP contribution in [0.15, 0.2) is 18.3 Å². The second-order valence-electron chi connectivity index (χ2n) is 8.04. The van der Waals surface area contributed by atoms with E-state index in [1.807, 2.05) is 31.1 Å². The molecule has 0 saturated carbocycles. The molecular formula is C20H32N4O. The van der Waals surface area contributed by atoms with E-state index in [2.05, 4.69) is 21.7 Å². The topological polar surface area (TPSA) is 39.7 Å². The summed E-state index contributed by atoms with van der Waals surface area (Å²) >= 11 is 0. The number of aromatic nitrogens is 1. The summed E-state index contributed by atoms with van der Waals surface area (Å²) in [7, 11) is 3.90. The lowest BCUT2D eigenvalue weighted by molar-refractivity contribution is 0.0622. The molecule has 1 atom stereocenters. The van der Waals surface area contributed by atoms with Crippen LogP contribution >= 0.6 is 0 Å². The number of rotatable bonds is 4. The van der Waals surface area contributed by atoms with E-state index >= 15 is 0 Å². The zero-order valence-corrected chi connectivity index (χ0v) is 15.9. The van der Waals surface area contributed by atoms with Gasteiger partial charge in [-0.15, -0.1) is 0 Å². The van der Waals surface area contributed by atoms with Crippen molar-refractivity contribution in [2.45, 2.75) is 32.6 Å². The van der Waals surface area contributed by atoms with Crippen molar-refractivity contribution in [1.82, 2.24) is 14.8 Å². The van der Waals surface area contributed by atoms with Gasteiger partial charge in [-0.25, -0.2) is 4.98 Å². The number of hydrogen-bond acceptors (Lipinski definition) is 4. The van der Waals surface area contributed by atoms with Gasteiger partial charge in [-0.3, -0.25) is 4.79 Å². The number of amides is 1. The summed E-state index contributed by atoms with van der Waals surface area (Å²) < 4.78 is 0. The Balaban J connectivity index is 1.59. The minimum absolute atomic E-state index is 0.155. The summed E-state index contributed by atoms with van der Waals surface area (Å²) in [5.74, 6) is 2.48. The molecular weight excluding hydrogens is 312 g/mol. The van der Waals surface area contributed by atoms with Crippen LogP contribution in [0.4, 0.5) is 5.82 Å². The third kappa shape index (κ3) is 4.72. The molecule has 0 spiro atoms. The highest BCUT2D eigenvalue weighted by molar-refractivity contribution is 5.94. The second kappa shape index (κ2) is 8.17. The number of hydrogen-bond donors (Lipinski definition) is 0. The van der Waals surface area contributed by atoms with Crippen LogP contribution in [0.25, 0.3) is 0 Å². The smallest absolute Gasteiger partial charge is 0.254 e. The van der Waals surface area contributed by atoms with Crippen molar-refractivity contribution in [2.75, 3.05) is 51.7 Å². The number of carbonyl (C=O) groups excluding carboxylic acids is 1. The maximum atomic E-state index is 12.9. The molecule has 2 fully saturated rings. The van der Waals surface area contributed by atoms with Crippen LogP contribution in [0.1, 0.15) is 43.0 Å². The fraction of sp³-hybridized carbons (Fsp3) is 0.700. The summed E-state index contributed by atoms with van der Waals surface area (Å²) in [4.78, 5) is 23.8. The number of pyridine rings is 1. The van der Waals surface area contributed by atoms with E-state index in [1.165, 1.54) is 32.4 Å². The van der Waals surface area contributed by atoms with Crippen molar-refractivity contribution in [2.24, 2.45) is 11.8 Å². The van der Waals surface area contributed by atoms with Crippen LogP contribution in [-0.4, -0.2) is 67.5 Å². The second-order valence-corrected chi connectivity index (χ2v) is 8.04. The van der Waals surface area contributed by atoms with E-state index in [9.17, 15) is 4.79 Å². The van der Waals surface area contributed by atoms with E-state index < -0.39 is 0 Å². The number of carbonyl (C=O) groups is 1. The normalized spacial score (nSPS) is 22.8. The van der Waals surface area contributed by atoms with Gasteiger partial charge in [0.1, 0.15) is 5.82 Å². The summed E-state index contributed by atoms with van der Waals surface area (Å²) in [6.45, 7) is 7.73. The molecule has 0 radical (unpaired) electrons. The minimum atomic E-state index is 0.155. The fourth-order valence-electron chi connectivity index (χ4n) is 3.99. The zero-order chi connectivity index (χ0) is 17.8. The van der Waals surface area contributed by atoms with Crippen molar-refractivity contribution in [1.29, 1.82) is 0 Å². The van der Waals surface area contributed by atoms with Crippen molar-refractivity contribution in [3.8, 4) is 0 Å². The van der Waals surface area contributed by atoms with Crippen molar-refractivity contribution in [3.05, 3.63) is 23.9 Å². The van der Waals surface area contributed by atoms with E-state index in [1.54, 1.807) is 6.20 Å². The maximum Gasteiger partial charge on any atom is 0.254 e. The van der Waals surface area contributed by atoms with E-state index in [-0.39, 0.29) is 5.91 Å². The Bertz CT molecular complexity index is 581. The molecule has 0 aromatic carbocycles. The zero-order valence-electron chi connectivity index (χ0n) is 15.9. The van der Waals surface area contributed by atoms with Gasteiger partial charge in [0.15, 0.2) is 0 Å². The van der Waals surface area contributed by atoms with Gasteiger partial charge >= 0.3 is 0 Å². The SMILES string of the molecule is CC1CCN(CC2CCCN(C(=O)c3ccnc(N(C)C)c3)C2)CC1. The van der Waals surface area contributed by atoms with Gasteiger partial charge in [-0.05, 0) is 62.7 Å². The quantitative estimate of drug-likeness (QED) is 0.842. The Morgan fingerprint density at radius 1 is 1.24 bits per heavy atom. The van der Waals surface area contributed by atoms with Crippen LogP contribution in [0.2, 0.25) is 0 Å². The monoisotopic (exact) mass is 344 g/mol. The molecule has 2 aliphatic heterocycles. The lowest BCUT2D eigenvalue weighted by Gasteiger charge is -2.38. The first kappa shape index (κ1) is 18.2. The predicted molar refractivity (Wildman–Crippen MR) is 102 cm³/mol. The minimum Gasteiger partial charge on any atom is -0.363 e. The van der Waals surface area contributed by atoms with Gasteiger partial charge in [0.05, 0.1) is 0 Å². The third-order valence-corrected chi connectivity index (χ3v) is 5.65.